The van der Waals surface area contributed by atoms with Crippen LogP contribution in [0.3, 0.4) is 0 Å². The Morgan fingerprint density at radius 1 is 0.519 bits per heavy atom. The first kappa shape index (κ1) is 45.6. The molecule has 296 valence electrons. The number of thiol groups is 1. The summed E-state index contributed by atoms with van der Waals surface area (Å²) in [6.07, 6.45) is -4.25. The Labute approximate surface area is 309 Å². The maximum Gasteiger partial charge on any atom is 0.336 e. The van der Waals surface area contributed by atoms with Gasteiger partial charge in [0.15, 0.2) is 0 Å². The van der Waals surface area contributed by atoms with E-state index in [1.807, 2.05) is 16.0 Å². The lowest BCUT2D eigenvalue weighted by molar-refractivity contribution is -0.148. The topological polar surface area (TPSA) is 381 Å². The van der Waals surface area contributed by atoms with Gasteiger partial charge < -0.3 is 62.5 Å². The van der Waals surface area contributed by atoms with E-state index in [0.717, 1.165) is 0 Å². The molecule has 0 radical (unpaired) electrons. The van der Waals surface area contributed by atoms with E-state index in [9.17, 15) is 73.2 Å². The molecule has 23 nitrogen and oxygen atoms in total. The Bertz CT molecular complexity index is 1590. The monoisotopic (exact) mass is 786 g/mol. The quantitative estimate of drug-likeness (QED) is 0.0358. The normalized spacial score (nSPS) is 13.9. The molecule has 4 unspecified atom stereocenters. The van der Waals surface area contributed by atoms with Crippen LogP contribution in [-0.4, -0.2) is 138 Å². The van der Waals surface area contributed by atoms with Gasteiger partial charge in [-0.15, -0.1) is 0 Å². The minimum atomic E-state index is -2.50. The van der Waals surface area contributed by atoms with Crippen LogP contribution in [0.1, 0.15) is 37.7 Å². The van der Waals surface area contributed by atoms with Gasteiger partial charge in [-0.05, 0) is 18.4 Å². The zero-order valence-electron chi connectivity index (χ0n) is 27.9. The van der Waals surface area contributed by atoms with Crippen molar-refractivity contribution < 1.29 is 83.4 Å². The van der Waals surface area contributed by atoms with E-state index in [4.69, 9.17) is 10.2 Å². The fourth-order valence-electron chi connectivity index (χ4n) is 4.32. The van der Waals surface area contributed by atoms with Crippen LogP contribution in [0.2, 0.25) is 0 Å². The first-order valence-electron chi connectivity index (χ1n) is 15.5. The van der Waals surface area contributed by atoms with E-state index in [-0.39, 0.29) is 12.2 Å². The summed E-state index contributed by atoms with van der Waals surface area (Å²) in [7, 11) is 0. The minimum Gasteiger partial charge on any atom is -0.481 e. The highest BCUT2D eigenvalue weighted by molar-refractivity contribution is 7.80. The Morgan fingerprint density at radius 3 is 1.46 bits per heavy atom. The highest BCUT2D eigenvalue weighted by atomic mass is 32.1. The molecule has 0 spiro atoms. The van der Waals surface area contributed by atoms with Crippen molar-refractivity contribution in [1.82, 2.24) is 31.9 Å². The highest BCUT2D eigenvalue weighted by Gasteiger charge is 2.35. The van der Waals surface area contributed by atoms with Crippen LogP contribution < -0.4 is 31.9 Å². The van der Waals surface area contributed by atoms with Crippen LogP contribution >= 0.6 is 12.6 Å². The summed E-state index contributed by atoms with van der Waals surface area (Å²) in [6.45, 7) is 0. The van der Waals surface area contributed by atoms with Crippen LogP contribution in [0, 0.1) is 0 Å². The van der Waals surface area contributed by atoms with E-state index >= 15 is 0 Å². The standard InChI is InChI=1S/C30H38N6O17S/c37-19(8-6-14(26(45)46)34-30(53)35-15(27(47)48)7-9-20(38)39)36-22(29(51)52)25(44)32-17(11-21(40)41)24(43)31-16(10-13-4-2-1-3-5-13)23(42)33-18(12-54)28(49)50/h1-5,14-18,22,54H,6-12H2,(H,31,43)(H,32,44)(H,33,42)(H,36,37)(H,38,39)(H,40,41)(H,45,46)(H,47,48)(H,49,50)(H,51,52)(H2,34,35,53)/t14-,15-,16?,17?,18?,22?/m1/s1. The summed E-state index contributed by atoms with van der Waals surface area (Å²) in [4.78, 5) is 133. The third-order valence-corrected chi connectivity index (χ3v) is 7.42. The number of hydrogen-bond acceptors (Lipinski definition) is 12. The van der Waals surface area contributed by atoms with Gasteiger partial charge in [-0.2, -0.15) is 12.6 Å². The van der Waals surface area contributed by atoms with Crippen molar-refractivity contribution in [1.29, 1.82) is 0 Å². The van der Waals surface area contributed by atoms with E-state index in [1.54, 1.807) is 35.6 Å². The number of rotatable bonds is 24. The first-order chi connectivity index (χ1) is 25.2. The number of carbonyl (C=O) groups excluding carboxylic acids is 5. The fraction of sp³-hybridized carbons (Fsp3) is 0.433. The Balaban J connectivity index is 3.07. The number of hydrogen-bond donors (Lipinski definition) is 13. The Hall–Kier alpha value is -6.46. The van der Waals surface area contributed by atoms with Gasteiger partial charge in [0.2, 0.25) is 23.8 Å². The smallest absolute Gasteiger partial charge is 0.336 e. The van der Waals surface area contributed by atoms with Gasteiger partial charge >= 0.3 is 41.8 Å². The number of aliphatic carboxylic acids is 6. The van der Waals surface area contributed by atoms with Crippen molar-refractivity contribution in [3.8, 4) is 0 Å². The van der Waals surface area contributed by atoms with Crippen LogP contribution in [0.25, 0.3) is 0 Å². The number of carbonyl (C=O) groups is 11. The molecular formula is C30H38N6O17S. The predicted molar refractivity (Wildman–Crippen MR) is 180 cm³/mol. The summed E-state index contributed by atoms with van der Waals surface area (Å²) in [6, 6.07) is -4.66. The molecule has 6 atom stereocenters. The lowest BCUT2D eigenvalue weighted by Gasteiger charge is -2.24. The van der Waals surface area contributed by atoms with Gasteiger partial charge in [0.25, 0.3) is 5.91 Å². The van der Waals surface area contributed by atoms with E-state index < -0.39 is 134 Å². The second-order valence-corrected chi connectivity index (χ2v) is 11.6. The number of carboxylic acid groups (broad SMARTS) is 6. The molecule has 1 rings (SSSR count). The molecule has 0 saturated heterocycles. The molecule has 12 N–H and O–H groups in total. The molecule has 0 aliphatic carbocycles. The van der Waals surface area contributed by atoms with Gasteiger partial charge in [0.05, 0.1) is 6.42 Å². The van der Waals surface area contributed by atoms with Crippen molar-refractivity contribution in [3.05, 3.63) is 35.9 Å². The van der Waals surface area contributed by atoms with Gasteiger partial charge in [-0.25, -0.2) is 24.0 Å². The molecule has 24 heteroatoms. The average molecular weight is 787 g/mol. The Kier molecular flexibility index (Phi) is 19.0. The zero-order valence-corrected chi connectivity index (χ0v) is 28.8. The molecular weight excluding hydrogens is 748 g/mol. The summed E-state index contributed by atoms with van der Waals surface area (Å²) in [5, 5.41) is 67.3. The number of benzene rings is 1. The minimum absolute atomic E-state index is 0.252. The number of carboxylic acids is 6. The third-order valence-electron chi connectivity index (χ3n) is 7.05. The van der Waals surface area contributed by atoms with Crippen molar-refractivity contribution in [2.24, 2.45) is 0 Å². The lowest BCUT2D eigenvalue weighted by Crippen LogP contribution is -2.59. The molecule has 54 heavy (non-hydrogen) atoms. The van der Waals surface area contributed by atoms with Crippen LogP contribution in [0.15, 0.2) is 30.3 Å². The van der Waals surface area contributed by atoms with E-state index in [2.05, 4.69) is 23.3 Å². The largest absolute Gasteiger partial charge is 0.481 e. The van der Waals surface area contributed by atoms with Gasteiger partial charge in [0, 0.05) is 25.0 Å². The molecule has 1 aromatic rings. The van der Waals surface area contributed by atoms with Crippen molar-refractivity contribution >= 4 is 78.1 Å². The summed E-state index contributed by atoms with van der Waals surface area (Å²) in [5.74, 6) is -15.5. The van der Waals surface area contributed by atoms with E-state index in [0.29, 0.717) is 5.56 Å². The number of amides is 6. The third kappa shape index (κ3) is 16.7. The van der Waals surface area contributed by atoms with Crippen LogP contribution in [0.4, 0.5) is 4.79 Å². The SMILES string of the molecule is O=C(O)CC[C@@H](NC(=O)N[C@H](CCC(=O)NC(C(=O)O)C(=O)NC(CC(=O)O)C(=O)NC(Cc1ccccc1)C(=O)NC(CS)C(=O)O)C(=O)O)C(=O)O. The van der Waals surface area contributed by atoms with Gasteiger partial charge in [-0.3, -0.25) is 28.8 Å². The van der Waals surface area contributed by atoms with Crippen LogP contribution in [0.5, 0.6) is 0 Å². The molecule has 0 aliphatic heterocycles. The molecule has 0 saturated carbocycles. The molecule has 0 aliphatic rings. The lowest BCUT2D eigenvalue weighted by atomic mass is 10.0. The first-order valence-corrected chi connectivity index (χ1v) is 16.2. The molecule has 6 amide bonds. The van der Waals surface area contributed by atoms with Crippen molar-refractivity contribution in [2.75, 3.05) is 5.75 Å². The van der Waals surface area contributed by atoms with Gasteiger partial charge in [0.1, 0.15) is 30.2 Å². The Morgan fingerprint density at radius 2 is 1.00 bits per heavy atom. The zero-order chi connectivity index (χ0) is 41.1. The number of urea groups is 1. The highest BCUT2D eigenvalue weighted by Crippen LogP contribution is 2.07. The van der Waals surface area contributed by atoms with E-state index in [1.165, 1.54) is 0 Å². The second-order valence-electron chi connectivity index (χ2n) is 11.2. The van der Waals surface area contributed by atoms with Crippen molar-refractivity contribution in [3.63, 3.8) is 0 Å². The van der Waals surface area contributed by atoms with Gasteiger partial charge in [-0.1, -0.05) is 30.3 Å². The summed E-state index contributed by atoms with van der Waals surface area (Å²) in [5.41, 5.74) is 0.462. The summed E-state index contributed by atoms with van der Waals surface area (Å²) < 4.78 is 0. The summed E-state index contributed by atoms with van der Waals surface area (Å²) >= 11 is 3.86. The average Bonchev–Trinajstić information content (AvgIpc) is 3.08. The fourth-order valence-corrected chi connectivity index (χ4v) is 4.56. The van der Waals surface area contributed by atoms with Crippen LogP contribution in [-0.2, 0) is 54.4 Å². The maximum atomic E-state index is 13.2. The maximum absolute atomic E-state index is 13.2. The second kappa shape index (κ2) is 22.5. The molecule has 0 heterocycles. The molecule has 0 aromatic heterocycles. The number of nitrogens with one attached hydrogen (secondary N) is 6. The molecule has 1 aromatic carbocycles. The van der Waals surface area contributed by atoms with Crippen molar-refractivity contribution in [2.45, 2.75) is 74.8 Å². The predicted octanol–water partition coefficient (Wildman–Crippen LogP) is -3.41. The molecule has 0 fully saturated rings. The molecule has 0 bridgehead atoms.